The summed E-state index contributed by atoms with van der Waals surface area (Å²) in [5.41, 5.74) is 0.799. The van der Waals surface area contributed by atoms with Crippen LogP contribution in [0.15, 0.2) is 43.1 Å². The summed E-state index contributed by atoms with van der Waals surface area (Å²) in [5, 5.41) is 5.72. The molecule has 4 rings (SSSR count). The maximum absolute atomic E-state index is 13.5. The van der Waals surface area contributed by atoms with Crippen LogP contribution in [0.2, 0.25) is 0 Å². The quantitative estimate of drug-likeness (QED) is 0.558. The van der Waals surface area contributed by atoms with Gasteiger partial charge in [0.05, 0.1) is 24.6 Å². The van der Waals surface area contributed by atoms with Crippen LogP contribution in [0, 0.1) is 5.82 Å². The Bertz CT molecular complexity index is 1120. The van der Waals surface area contributed by atoms with Crippen molar-refractivity contribution < 1.29 is 23.0 Å². The van der Waals surface area contributed by atoms with E-state index in [1.54, 1.807) is 19.2 Å². The van der Waals surface area contributed by atoms with E-state index in [0.29, 0.717) is 36.8 Å². The van der Waals surface area contributed by atoms with Crippen LogP contribution in [-0.4, -0.2) is 57.8 Å². The smallest absolute Gasteiger partial charge is 0.262 e. The van der Waals surface area contributed by atoms with Gasteiger partial charge in [-0.25, -0.2) is 23.7 Å². The van der Waals surface area contributed by atoms with Crippen molar-refractivity contribution in [2.75, 3.05) is 19.7 Å². The fourth-order valence-corrected chi connectivity index (χ4v) is 3.31. The molecule has 0 aromatic carbocycles. The molecule has 1 amide bonds. The number of amides is 1. The van der Waals surface area contributed by atoms with Gasteiger partial charge >= 0.3 is 0 Å². The van der Waals surface area contributed by atoms with Crippen molar-refractivity contribution in [1.82, 2.24) is 30.6 Å². The molecule has 1 unspecified atom stereocenters. The number of pyridine rings is 2. The lowest BCUT2D eigenvalue weighted by Gasteiger charge is -2.26. The lowest BCUT2D eigenvalue weighted by Crippen LogP contribution is -2.49. The number of ether oxygens (including phenoxy) is 2. The average Bonchev–Trinajstić information content (AvgIpc) is 2.81. The molecule has 2 atom stereocenters. The maximum atomic E-state index is 13.5. The van der Waals surface area contributed by atoms with Gasteiger partial charge in [-0.3, -0.25) is 9.78 Å². The van der Waals surface area contributed by atoms with Crippen LogP contribution >= 0.6 is 0 Å². The summed E-state index contributed by atoms with van der Waals surface area (Å²) in [6.07, 6.45) is 6.09. The highest BCUT2D eigenvalue weighted by Crippen LogP contribution is 2.30. The van der Waals surface area contributed by atoms with Gasteiger partial charge in [0.25, 0.3) is 11.8 Å². The van der Waals surface area contributed by atoms with E-state index in [9.17, 15) is 13.6 Å². The van der Waals surface area contributed by atoms with Crippen LogP contribution in [0.5, 0.6) is 17.4 Å². The van der Waals surface area contributed by atoms with Crippen molar-refractivity contribution in [2.45, 2.75) is 25.6 Å². The molecule has 1 saturated heterocycles. The van der Waals surface area contributed by atoms with E-state index in [0.717, 1.165) is 6.20 Å². The first-order chi connectivity index (χ1) is 16.0. The predicted molar refractivity (Wildman–Crippen MR) is 114 cm³/mol. The van der Waals surface area contributed by atoms with E-state index >= 15 is 0 Å². The lowest BCUT2D eigenvalue weighted by atomic mass is 10.1. The summed E-state index contributed by atoms with van der Waals surface area (Å²) < 4.78 is 38.0. The van der Waals surface area contributed by atoms with Crippen molar-refractivity contribution in [3.63, 3.8) is 0 Å². The minimum absolute atomic E-state index is 0.0952. The number of aromatic nitrogens is 4. The number of nitrogens with one attached hydrogen (secondary N) is 2. The summed E-state index contributed by atoms with van der Waals surface area (Å²) in [5.74, 6) is -0.00380. The molecule has 2 N–H and O–H groups in total. The molecule has 0 saturated carbocycles. The molecule has 0 radical (unpaired) electrons. The van der Waals surface area contributed by atoms with E-state index < -0.39 is 12.0 Å². The van der Waals surface area contributed by atoms with Crippen molar-refractivity contribution >= 4 is 5.91 Å². The first-order valence-electron chi connectivity index (χ1n) is 10.4. The predicted octanol–water partition coefficient (Wildman–Crippen LogP) is 2.69. The molecule has 1 aliphatic rings. The fourth-order valence-electron chi connectivity index (χ4n) is 3.31. The van der Waals surface area contributed by atoms with Gasteiger partial charge < -0.3 is 20.1 Å². The summed E-state index contributed by atoms with van der Waals surface area (Å²) in [4.78, 5) is 28.9. The molecule has 9 nitrogen and oxygen atoms in total. The number of alkyl halides is 1. The third-order valence-corrected chi connectivity index (χ3v) is 4.82. The highest BCUT2D eigenvalue weighted by atomic mass is 19.1. The molecule has 3 aromatic heterocycles. The number of hydrogen-bond donors (Lipinski definition) is 2. The monoisotopic (exact) mass is 456 g/mol. The van der Waals surface area contributed by atoms with E-state index in [2.05, 4.69) is 30.6 Å². The van der Waals surface area contributed by atoms with E-state index in [-0.39, 0.29) is 35.6 Å². The van der Waals surface area contributed by atoms with Gasteiger partial charge in [-0.1, -0.05) is 0 Å². The Morgan fingerprint density at radius 3 is 2.73 bits per heavy atom. The van der Waals surface area contributed by atoms with Crippen molar-refractivity contribution in [2.24, 2.45) is 0 Å². The van der Waals surface area contributed by atoms with Crippen molar-refractivity contribution in [3.8, 4) is 28.8 Å². The molecular weight excluding hydrogens is 434 g/mol. The van der Waals surface area contributed by atoms with Gasteiger partial charge in [0.1, 0.15) is 17.7 Å². The summed E-state index contributed by atoms with van der Waals surface area (Å²) in [7, 11) is 0. The Morgan fingerprint density at radius 1 is 1.15 bits per heavy atom. The molecule has 0 bridgehead atoms. The highest BCUT2D eigenvalue weighted by molar-refractivity contribution is 5.93. The molecule has 1 fully saturated rings. The van der Waals surface area contributed by atoms with Gasteiger partial charge in [-0.2, -0.15) is 0 Å². The number of rotatable bonds is 7. The van der Waals surface area contributed by atoms with Gasteiger partial charge in [-0.05, 0) is 13.0 Å². The second-order valence-corrected chi connectivity index (χ2v) is 7.36. The molecule has 4 heterocycles. The molecular formula is C22H22F2N6O3. The minimum atomic E-state index is -0.987. The van der Waals surface area contributed by atoms with Crippen LogP contribution in [0.25, 0.3) is 11.4 Å². The molecule has 3 aromatic rings. The largest absolute Gasteiger partial charge is 0.488 e. The second-order valence-electron chi connectivity index (χ2n) is 7.36. The van der Waals surface area contributed by atoms with Crippen LogP contribution < -0.4 is 20.1 Å². The first-order valence-corrected chi connectivity index (χ1v) is 10.4. The van der Waals surface area contributed by atoms with Crippen molar-refractivity contribution in [1.29, 1.82) is 0 Å². The summed E-state index contributed by atoms with van der Waals surface area (Å²) in [6, 6.07) is 2.53. The van der Waals surface area contributed by atoms with Crippen LogP contribution in [0.3, 0.4) is 0 Å². The number of carbonyl (C=O) groups excluding carboxylic acids is 1. The zero-order valence-electron chi connectivity index (χ0n) is 17.8. The Morgan fingerprint density at radius 2 is 1.97 bits per heavy atom. The molecule has 172 valence electrons. The topological polar surface area (TPSA) is 111 Å². The van der Waals surface area contributed by atoms with Gasteiger partial charge in [0, 0.05) is 55.8 Å². The number of halogens is 2. The Hall–Kier alpha value is -3.73. The SMILES string of the molecule is CCOc1cc(F)cnc1Oc1cncc(-c2ncc(C(=O)NC3CNC[C@@H](F)C3)cn2)c1. The number of hydrogen-bond acceptors (Lipinski definition) is 8. The normalized spacial score (nSPS) is 17.9. The Balaban J connectivity index is 1.46. The second kappa shape index (κ2) is 10.3. The number of piperidine rings is 1. The number of nitrogens with zero attached hydrogens (tertiary/aromatic N) is 4. The van der Waals surface area contributed by atoms with Gasteiger partial charge in [0.2, 0.25) is 0 Å². The minimum Gasteiger partial charge on any atom is -0.488 e. The fraction of sp³-hybridized carbons (Fsp3) is 0.318. The average molecular weight is 456 g/mol. The zero-order valence-corrected chi connectivity index (χ0v) is 17.8. The van der Waals surface area contributed by atoms with Crippen LogP contribution in [0.4, 0.5) is 8.78 Å². The van der Waals surface area contributed by atoms with E-state index in [1.165, 1.54) is 24.7 Å². The Kier molecular flexibility index (Phi) is 6.98. The molecule has 33 heavy (non-hydrogen) atoms. The molecule has 1 aliphatic heterocycles. The lowest BCUT2D eigenvalue weighted by molar-refractivity contribution is 0.0918. The van der Waals surface area contributed by atoms with Gasteiger partial charge in [-0.15, -0.1) is 0 Å². The number of carbonyl (C=O) groups is 1. The standard InChI is InChI=1S/C22H22F2N6O3/c1-2-32-19-5-16(24)10-29-22(19)33-18-3-13(6-25-12-18)20-27-7-14(8-28-20)21(31)30-17-4-15(23)9-26-11-17/h3,5-8,10,12,15,17,26H,2,4,9,11H2,1H3,(H,30,31)/t15-,17?/m0/s1. The maximum Gasteiger partial charge on any atom is 0.262 e. The van der Waals surface area contributed by atoms with Crippen molar-refractivity contribution in [3.05, 3.63) is 54.5 Å². The third-order valence-electron chi connectivity index (χ3n) is 4.82. The Labute approximate surface area is 188 Å². The zero-order chi connectivity index (χ0) is 23.2. The first kappa shape index (κ1) is 22.5. The summed E-state index contributed by atoms with van der Waals surface area (Å²) >= 11 is 0. The summed E-state index contributed by atoms with van der Waals surface area (Å²) in [6.45, 7) is 2.89. The van der Waals surface area contributed by atoms with E-state index in [4.69, 9.17) is 9.47 Å². The highest BCUT2D eigenvalue weighted by Gasteiger charge is 2.23. The van der Waals surface area contributed by atoms with Crippen LogP contribution in [0.1, 0.15) is 23.7 Å². The molecule has 11 heteroatoms. The molecule has 0 spiro atoms. The van der Waals surface area contributed by atoms with Crippen LogP contribution in [-0.2, 0) is 0 Å². The third kappa shape index (κ3) is 5.75. The van der Waals surface area contributed by atoms with Gasteiger partial charge in [0.15, 0.2) is 11.6 Å². The van der Waals surface area contributed by atoms with E-state index in [1.807, 2.05) is 0 Å². The molecule has 0 aliphatic carbocycles.